The minimum atomic E-state index is -0.544. The molecule has 0 aliphatic rings. The van der Waals surface area contributed by atoms with E-state index in [1.54, 1.807) is 33.9 Å². The van der Waals surface area contributed by atoms with Gasteiger partial charge in [-0.3, -0.25) is 14.8 Å². The van der Waals surface area contributed by atoms with Gasteiger partial charge in [-0.25, -0.2) is 9.48 Å². The Morgan fingerprint density at radius 2 is 1.87 bits per heavy atom. The number of nitrogens with one attached hydrogen (secondary N) is 1. The molecule has 2 aromatic heterocycles. The minimum Gasteiger partial charge on any atom is -0.444 e. The Morgan fingerprint density at radius 1 is 1.06 bits per heavy atom. The first-order valence-corrected chi connectivity index (χ1v) is 9.71. The Kier molecular flexibility index (Phi) is 5.89. The molecule has 0 radical (unpaired) electrons. The lowest BCUT2D eigenvalue weighted by atomic mass is 10.1. The second kappa shape index (κ2) is 9.08. The van der Waals surface area contributed by atoms with Crippen LogP contribution in [-0.2, 0) is 24.8 Å². The summed E-state index contributed by atoms with van der Waals surface area (Å²) in [5, 5.41) is 11.3. The van der Waals surface area contributed by atoms with Crippen LogP contribution in [-0.4, -0.2) is 25.7 Å². The van der Waals surface area contributed by atoms with E-state index < -0.39 is 6.09 Å². The lowest BCUT2D eigenvalue weighted by Crippen LogP contribution is -2.16. The third kappa shape index (κ3) is 5.24. The highest BCUT2D eigenvalue weighted by molar-refractivity contribution is 5.84. The first-order valence-electron chi connectivity index (χ1n) is 9.71. The molecule has 2 aromatic carbocycles. The number of carbonyl (C=O) groups excluding carboxylic acids is 1. The molecule has 0 spiro atoms. The second-order valence-electron chi connectivity index (χ2n) is 7.01. The zero-order valence-corrected chi connectivity index (χ0v) is 16.9. The third-order valence-corrected chi connectivity index (χ3v) is 4.59. The first kappa shape index (κ1) is 20.1. The molecule has 4 aromatic rings. The number of aryl methyl sites for hydroxylation is 1. The van der Waals surface area contributed by atoms with Crippen LogP contribution < -0.4 is 10.7 Å². The number of benzene rings is 2. The first-order chi connectivity index (χ1) is 15.1. The molecule has 1 N–H and O–H groups in total. The number of ether oxygens (including phenoxy) is 1. The van der Waals surface area contributed by atoms with Crippen molar-refractivity contribution < 1.29 is 9.53 Å². The van der Waals surface area contributed by atoms with Crippen LogP contribution in [0.5, 0.6) is 0 Å². The predicted octanol–water partition coefficient (Wildman–Crippen LogP) is 3.31. The molecule has 1 amide bonds. The fourth-order valence-electron chi connectivity index (χ4n) is 3.07. The molecular weight excluding hydrogens is 394 g/mol. The van der Waals surface area contributed by atoms with E-state index in [1.807, 2.05) is 55.7 Å². The van der Waals surface area contributed by atoms with Gasteiger partial charge in [0.1, 0.15) is 18.0 Å². The van der Waals surface area contributed by atoms with Gasteiger partial charge in [-0.05, 0) is 23.3 Å². The highest BCUT2D eigenvalue weighted by atomic mass is 16.5. The molecule has 31 heavy (non-hydrogen) atoms. The van der Waals surface area contributed by atoms with Gasteiger partial charge in [0.2, 0.25) is 5.43 Å². The smallest absolute Gasteiger partial charge is 0.411 e. The van der Waals surface area contributed by atoms with Crippen molar-refractivity contribution in [2.24, 2.45) is 7.05 Å². The maximum atomic E-state index is 12.3. The summed E-state index contributed by atoms with van der Waals surface area (Å²) in [6.07, 6.45) is 4.88. The van der Waals surface area contributed by atoms with Crippen LogP contribution in [0, 0.1) is 0 Å². The van der Waals surface area contributed by atoms with Crippen LogP contribution in [0.1, 0.15) is 16.8 Å². The van der Waals surface area contributed by atoms with Crippen molar-refractivity contribution in [1.82, 2.24) is 19.6 Å². The summed E-state index contributed by atoms with van der Waals surface area (Å²) in [5.41, 5.74) is 3.34. The van der Waals surface area contributed by atoms with Gasteiger partial charge in [-0.15, -0.1) is 0 Å². The Morgan fingerprint density at radius 3 is 2.65 bits per heavy atom. The van der Waals surface area contributed by atoms with Crippen molar-refractivity contribution in [2.45, 2.75) is 13.0 Å². The van der Waals surface area contributed by atoms with Crippen LogP contribution in [0.3, 0.4) is 0 Å². The summed E-state index contributed by atoms with van der Waals surface area (Å²) >= 11 is 0. The van der Waals surface area contributed by atoms with Gasteiger partial charge in [-0.2, -0.15) is 10.2 Å². The van der Waals surface area contributed by atoms with E-state index in [0.29, 0.717) is 17.8 Å². The highest BCUT2D eigenvalue weighted by Gasteiger charge is 2.09. The van der Waals surface area contributed by atoms with Crippen LogP contribution in [0.2, 0.25) is 0 Å². The fraction of sp³-hybridized carbons (Fsp3) is 0.130. The Bertz CT molecular complexity index is 1250. The monoisotopic (exact) mass is 415 g/mol. The molecule has 0 fully saturated rings. The van der Waals surface area contributed by atoms with Gasteiger partial charge in [0.15, 0.2) is 0 Å². The summed E-state index contributed by atoms with van der Waals surface area (Å²) in [7, 11) is 1.82. The van der Waals surface area contributed by atoms with Crippen molar-refractivity contribution in [1.29, 1.82) is 0 Å². The Balaban J connectivity index is 1.44. The summed E-state index contributed by atoms with van der Waals surface area (Å²) in [4.78, 5) is 24.4. The Hall–Kier alpha value is -4.20. The van der Waals surface area contributed by atoms with Crippen molar-refractivity contribution in [3.05, 3.63) is 106 Å². The van der Waals surface area contributed by atoms with Gasteiger partial charge >= 0.3 is 6.09 Å². The highest BCUT2D eigenvalue weighted by Crippen LogP contribution is 2.14. The zero-order valence-electron chi connectivity index (χ0n) is 16.9. The molecule has 0 aliphatic carbocycles. The van der Waals surface area contributed by atoms with Crippen molar-refractivity contribution in [3.63, 3.8) is 0 Å². The molecule has 8 heteroatoms. The van der Waals surface area contributed by atoms with Crippen LogP contribution >= 0.6 is 0 Å². The van der Waals surface area contributed by atoms with E-state index in [-0.39, 0.29) is 12.0 Å². The SMILES string of the molecule is Cn1cc(-n2ccc(=O)c(Cc3cccc(NC(=O)OCc4ccccc4)c3)n2)cn1. The van der Waals surface area contributed by atoms with Crippen LogP contribution in [0.25, 0.3) is 5.69 Å². The molecule has 8 nitrogen and oxygen atoms in total. The number of rotatable bonds is 6. The van der Waals surface area contributed by atoms with Crippen molar-refractivity contribution >= 4 is 11.8 Å². The normalized spacial score (nSPS) is 10.6. The lowest BCUT2D eigenvalue weighted by molar-refractivity contribution is 0.155. The fourth-order valence-corrected chi connectivity index (χ4v) is 3.07. The number of nitrogens with zero attached hydrogens (tertiary/aromatic N) is 4. The molecule has 2 heterocycles. The largest absolute Gasteiger partial charge is 0.444 e. The molecule has 0 unspecified atom stereocenters. The van der Waals surface area contributed by atoms with E-state index in [0.717, 1.165) is 16.8 Å². The predicted molar refractivity (Wildman–Crippen MR) is 116 cm³/mol. The quantitative estimate of drug-likeness (QED) is 0.522. The molecular formula is C23H21N5O3. The molecule has 0 atom stereocenters. The minimum absolute atomic E-state index is 0.152. The standard InChI is InChI=1S/C23H21N5O3/c1-27-15-20(14-24-27)28-11-10-22(29)21(26-28)13-18-8-5-9-19(12-18)25-23(30)31-16-17-6-3-2-4-7-17/h2-12,14-15H,13,16H2,1H3,(H,25,30). The summed E-state index contributed by atoms with van der Waals surface area (Å²) < 4.78 is 8.54. The number of carbonyl (C=O) groups is 1. The van der Waals surface area contributed by atoms with Crippen LogP contribution in [0.4, 0.5) is 10.5 Å². The van der Waals surface area contributed by atoms with Gasteiger partial charge in [0, 0.05) is 31.4 Å². The summed E-state index contributed by atoms with van der Waals surface area (Å²) in [5.74, 6) is 0. The van der Waals surface area contributed by atoms with E-state index in [1.165, 1.54) is 6.07 Å². The summed E-state index contributed by atoms with van der Waals surface area (Å²) in [6.45, 7) is 0.189. The van der Waals surface area contributed by atoms with Gasteiger partial charge in [0.05, 0.1) is 12.4 Å². The van der Waals surface area contributed by atoms with Gasteiger partial charge < -0.3 is 4.74 Å². The molecule has 0 bridgehead atoms. The average Bonchev–Trinajstić information content (AvgIpc) is 3.21. The Labute approximate surface area is 178 Å². The summed E-state index contributed by atoms with van der Waals surface area (Å²) in [6, 6.07) is 18.2. The van der Waals surface area contributed by atoms with Crippen molar-refractivity contribution in [2.75, 3.05) is 5.32 Å². The van der Waals surface area contributed by atoms with E-state index >= 15 is 0 Å². The molecule has 4 rings (SSSR count). The topological polar surface area (TPSA) is 91.0 Å². The third-order valence-electron chi connectivity index (χ3n) is 4.59. The number of hydrogen-bond donors (Lipinski definition) is 1. The van der Waals surface area contributed by atoms with Gasteiger partial charge in [-0.1, -0.05) is 42.5 Å². The zero-order chi connectivity index (χ0) is 21.6. The number of amides is 1. The van der Waals surface area contributed by atoms with Crippen LogP contribution in [0.15, 0.2) is 84.0 Å². The van der Waals surface area contributed by atoms with E-state index in [2.05, 4.69) is 15.5 Å². The molecule has 0 saturated heterocycles. The average molecular weight is 415 g/mol. The maximum absolute atomic E-state index is 12.3. The van der Waals surface area contributed by atoms with Crippen molar-refractivity contribution in [3.8, 4) is 5.69 Å². The number of hydrogen-bond acceptors (Lipinski definition) is 5. The van der Waals surface area contributed by atoms with Gasteiger partial charge in [0.25, 0.3) is 0 Å². The number of aromatic nitrogens is 4. The molecule has 0 aliphatic heterocycles. The molecule has 0 saturated carbocycles. The maximum Gasteiger partial charge on any atom is 0.411 e. The second-order valence-corrected chi connectivity index (χ2v) is 7.01. The molecule has 156 valence electrons. The van der Waals surface area contributed by atoms with E-state index in [4.69, 9.17) is 4.74 Å². The lowest BCUT2D eigenvalue weighted by Gasteiger charge is -2.09. The van der Waals surface area contributed by atoms with E-state index in [9.17, 15) is 9.59 Å². The number of anilines is 1.